The van der Waals surface area contributed by atoms with Crippen molar-refractivity contribution >= 4 is 41.6 Å². The Morgan fingerprint density at radius 2 is 0.875 bits per heavy atom. The van der Waals surface area contributed by atoms with Crippen molar-refractivity contribution in [3.63, 3.8) is 0 Å². The van der Waals surface area contributed by atoms with E-state index in [1.807, 2.05) is 0 Å². The van der Waals surface area contributed by atoms with Gasteiger partial charge in [-0.05, 0) is 48.5 Å². The first-order chi connectivity index (χ1) is 15.4. The summed E-state index contributed by atoms with van der Waals surface area (Å²) in [4.78, 5) is 2.35. The summed E-state index contributed by atoms with van der Waals surface area (Å²) in [6.45, 7) is 3.12. The number of rotatable bonds is 7. The molecule has 0 radical (unpaired) electrons. The second kappa shape index (κ2) is 10.4. The fourth-order valence-electron chi connectivity index (χ4n) is 3.30. The van der Waals surface area contributed by atoms with Gasteiger partial charge in [0.15, 0.2) is 0 Å². The highest BCUT2D eigenvalue weighted by atomic mass is 33.1. The molecule has 2 aromatic rings. The van der Waals surface area contributed by atoms with E-state index < -0.39 is 20.0 Å². The van der Waals surface area contributed by atoms with Crippen LogP contribution in [0.3, 0.4) is 0 Å². The lowest BCUT2D eigenvalue weighted by molar-refractivity contribution is 0.0730. The second-order valence-corrected chi connectivity index (χ2v) is 13.3. The maximum Gasteiger partial charge on any atom is 0.243 e. The molecular weight excluding hydrogens is 492 g/mol. The van der Waals surface area contributed by atoms with Gasteiger partial charge in [0, 0.05) is 36.0 Å². The lowest BCUT2D eigenvalue weighted by Gasteiger charge is -2.26. The van der Waals surface area contributed by atoms with Gasteiger partial charge >= 0.3 is 0 Å². The molecule has 32 heavy (non-hydrogen) atoms. The summed E-state index contributed by atoms with van der Waals surface area (Å²) in [5, 5.41) is 0. The summed E-state index contributed by atoms with van der Waals surface area (Å²) in [5.41, 5.74) is 0. The molecule has 0 spiro atoms. The van der Waals surface area contributed by atoms with Gasteiger partial charge in [-0.15, -0.1) is 0 Å². The van der Waals surface area contributed by atoms with E-state index in [9.17, 15) is 16.8 Å². The predicted molar refractivity (Wildman–Crippen MR) is 124 cm³/mol. The van der Waals surface area contributed by atoms with E-state index in [0.29, 0.717) is 52.6 Å². The van der Waals surface area contributed by atoms with Crippen LogP contribution in [0.2, 0.25) is 0 Å². The Bertz CT molecular complexity index is 1020. The third-order valence-electron chi connectivity index (χ3n) is 5.10. The van der Waals surface area contributed by atoms with Crippen LogP contribution in [0.4, 0.5) is 0 Å². The van der Waals surface area contributed by atoms with Crippen LogP contribution >= 0.6 is 21.6 Å². The van der Waals surface area contributed by atoms with Gasteiger partial charge in [0.2, 0.25) is 20.0 Å². The van der Waals surface area contributed by atoms with Gasteiger partial charge in [0.25, 0.3) is 0 Å². The summed E-state index contributed by atoms with van der Waals surface area (Å²) in [7, 11) is -4.05. The number of sulfonamides is 2. The zero-order valence-electron chi connectivity index (χ0n) is 17.3. The van der Waals surface area contributed by atoms with Crippen molar-refractivity contribution in [1.29, 1.82) is 0 Å². The molecule has 2 heterocycles. The number of hydrogen-bond donors (Lipinski definition) is 0. The van der Waals surface area contributed by atoms with Crippen molar-refractivity contribution < 1.29 is 26.3 Å². The van der Waals surface area contributed by atoms with Gasteiger partial charge in [-0.3, -0.25) is 0 Å². The standard InChI is InChI=1S/C20H24N2O6S4/c23-31(24,21-9-13-27-14-10-21)19-5-1-17(2-6-19)29-30-18-3-7-20(8-4-18)32(25,26)22-11-15-28-16-12-22/h1-8H,9-16H2. The van der Waals surface area contributed by atoms with E-state index in [4.69, 9.17) is 9.47 Å². The number of ether oxygens (including phenoxy) is 2. The molecule has 0 bridgehead atoms. The molecule has 12 heteroatoms. The van der Waals surface area contributed by atoms with E-state index in [1.54, 1.807) is 48.5 Å². The monoisotopic (exact) mass is 516 g/mol. The summed E-state index contributed by atoms with van der Waals surface area (Å²) < 4.78 is 64.2. The molecule has 2 aliphatic rings. The van der Waals surface area contributed by atoms with Gasteiger partial charge in [0.05, 0.1) is 36.2 Å². The fraction of sp³-hybridized carbons (Fsp3) is 0.400. The third kappa shape index (κ3) is 5.50. The van der Waals surface area contributed by atoms with E-state index in [1.165, 1.54) is 30.2 Å². The number of nitrogens with zero attached hydrogens (tertiary/aromatic N) is 2. The van der Waals surface area contributed by atoms with Crippen LogP contribution in [-0.2, 0) is 29.5 Å². The highest BCUT2D eigenvalue weighted by Gasteiger charge is 2.27. The number of hydrogen-bond acceptors (Lipinski definition) is 8. The molecule has 0 saturated carbocycles. The smallest absolute Gasteiger partial charge is 0.243 e. The number of morpholine rings is 2. The van der Waals surface area contributed by atoms with Crippen LogP contribution in [-0.4, -0.2) is 78.1 Å². The molecule has 0 unspecified atom stereocenters. The average molecular weight is 517 g/mol. The zero-order valence-corrected chi connectivity index (χ0v) is 20.5. The first-order valence-corrected chi connectivity index (χ1v) is 15.1. The average Bonchev–Trinajstić information content (AvgIpc) is 2.84. The van der Waals surface area contributed by atoms with Gasteiger partial charge < -0.3 is 9.47 Å². The van der Waals surface area contributed by atoms with Crippen LogP contribution in [0.5, 0.6) is 0 Å². The minimum Gasteiger partial charge on any atom is -0.379 e. The highest BCUT2D eigenvalue weighted by molar-refractivity contribution is 8.76. The molecular formula is C20H24N2O6S4. The second-order valence-electron chi connectivity index (χ2n) is 7.14. The van der Waals surface area contributed by atoms with Gasteiger partial charge in [-0.2, -0.15) is 8.61 Å². The topological polar surface area (TPSA) is 93.2 Å². The Balaban J connectivity index is 1.36. The molecule has 0 aliphatic carbocycles. The molecule has 2 saturated heterocycles. The molecule has 0 atom stereocenters. The maximum atomic E-state index is 12.7. The van der Waals surface area contributed by atoms with E-state index in [2.05, 4.69) is 0 Å². The first-order valence-electron chi connectivity index (χ1n) is 10.1. The zero-order chi connectivity index (χ0) is 22.6. The van der Waals surface area contributed by atoms with E-state index in [0.717, 1.165) is 9.79 Å². The van der Waals surface area contributed by atoms with Crippen molar-refractivity contribution in [3.05, 3.63) is 48.5 Å². The summed E-state index contributed by atoms with van der Waals surface area (Å²) in [6.07, 6.45) is 0. The SMILES string of the molecule is O=S(=O)(c1ccc(SSc2ccc(S(=O)(=O)N3CCOCC3)cc2)cc1)N1CCOCC1. The molecule has 2 aromatic carbocycles. The quantitative estimate of drug-likeness (QED) is 0.519. The summed E-state index contributed by atoms with van der Waals surface area (Å²) in [5.74, 6) is 0. The predicted octanol–water partition coefficient (Wildman–Crippen LogP) is 2.53. The maximum absolute atomic E-state index is 12.7. The lowest BCUT2D eigenvalue weighted by atomic mass is 10.4. The molecule has 2 aliphatic heterocycles. The lowest BCUT2D eigenvalue weighted by Crippen LogP contribution is -2.40. The largest absolute Gasteiger partial charge is 0.379 e. The fourth-order valence-corrected chi connectivity index (χ4v) is 8.05. The van der Waals surface area contributed by atoms with Crippen molar-refractivity contribution in [2.24, 2.45) is 0 Å². The van der Waals surface area contributed by atoms with E-state index >= 15 is 0 Å². The van der Waals surface area contributed by atoms with Gasteiger partial charge in [0.1, 0.15) is 0 Å². The van der Waals surface area contributed by atoms with Crippen LogP contribution in [0, 0.1) is 0 Å². The third-order valence-corrected chi connectivity index (χ3v) is 11.3. The van der Waals surface area contributed by atoms with Gasteiger partial charge in [-0.25, -0.2) is 16.8 Å². The van der Waals surface area contributed by atoms with Crippen LogP contribution < -0.4 is 0 Å². The Kier molecular flexibility index (Phi) is 7.83. The molecule has 174 valence electrons. The molecule has 0 aromatic heterocycles. The summed E-state index contributed by atoms with van der Waals surface area (Å²) >= 11 is 0. The minimum atomic E-state index is -3.51. The highest BCUT2D eigenvalue weighted by Crippen LogP contribution is 2.38. The van der Waals surface area contributed by atoms with Crippen LogP contribution in [0.15, 0.2) is 68.1 Å². The van der Waals surface area contributed by atoms with E-state index in [-0.39, 0.29) is 9.79 Å². The van der Waals surface area contributed by atoms with Gasteiger partial charge in [-0.1, -0.05) is 21.6 Å². The Labute approximate surface area is 196 Å². The minimum absolute atomic E-state index is 0.270. The van der Waals surface area contributed by atoms with Crippen molar-refractivity contribution in [1.82, 2.24) is 8.61 Å². The molecule has 2 fully saturated rings. The van der Waals surface area contributed by atoms with Crippen molar-refractivity contribution in [3.8, 4) is 0 Å². The van der Waals surface area contributed by atoms with Crippen molar-refractivity contribution in [2.45, 2.75) is 19.6 Å². The Morgan fingerprint density at radius 3 is 1.19 bits per heavy atom. The molecule has 4 rings (SSSR count). The van der Waals surface area contributed by atoms with Crippen LogP contribution in [0.25, 0.3) is 0 Å². The normalized spacial score (nSPS) is 19.1. The molecule has 0 amide bonds. The number of benzene rings is 2. The summed E-state index contributed by atoms with van der Waals surface area (Å²) in [6, 6.07) is 13.6. The van der Waals surface area contributed by atoms with Crippen LogP contribution in [0.1, 0.15) is 0 Å². The van der Waals surface area contributed by atoms with Crippen molar-refractivity contribution in [2.75, 3.05) is 52.6 Å². The Morgan fingerprint density at radius 1 is 0.562 bits per heavy atom. The first kappa shape index (κ1) is 24.0. The molecule has 0 N–H and O–H groups in total. The Hall–Kier alpha value is -1.12. The molecule has 8 nitrogen and oxygen atoms in total.